The van der Waals surface area contributed by atoms with Gasteiger partial charge in [-0.3, -0.25) is 4.90 Å². The first-order valence-electron chi connectivity index (χ1n) is 7.97. The van der Waals surface area contributed by atoms with Gasteiger partial charge >= 0.3 is 6.03 Å². The first-order valence-corrected chi connectivity index (χ1v) is 8.76. The number of hydrogen-bond acceptors (Lipinski definition) is 3. The molecule has 0 saturated carbocycles. The van der Waals surface area contributed by atoms with Crippen molar-refractivity contribution in [2.24, 2.45) is 0 Å². The lowest BCUT2D eigenvalue weighted by atomic mass is 9.96. The maximum atomic E-state index is 12.6. The van der Waals surface area contributed by atoms with Crippen LogP contribution < -0.4 is 10.2 Å². The minimum absolute atomic E-state index is 0.110. The molecule has 2 N–H and O–H groups in total. The van der Waals surface area contributed by atoms with Crippen LogP contribution in [-0.4, -0.2) is 24.3 Å². The number of rotatable bonds is 3. The number of aliphatic hydroxyl groups is 1. The Kier molecular flexibility index (Phi) is 3.94. The highest BCUT2D eigenvalue weighted by Gasteiger charge is 2.37. The summed E-state index contributed by atoms with van der Waals surface area (Å²) in [6, 6.07) is 5.24. The van der Waals surface area contributed by atoms with Gasteiger partial charge in [0.2, 0.25) is 0 Å². The van der Waals surface area contributed by atoms with E-state index in [-0.39, 0.29) is 25.2 Å². The van der Waals surface area contributed by atoms with Crippen molar-refractivity contribution in [1.29, 1.82) is 0 Å². The fourth-order valence-corrected chi connectivity index (χ4v) is 3.78. The molecule has 4 rings (SSSR count). The maximum absolute atomic E-state index is 12.6. The van der Waals surface area contributed by atoms with Crippen molar-refractivity contribution < 1.29 is 14.3 Å². The second kappa shape index (κ2) is 6.11. The van der Waals surface area contributed by atoms with E-state index < -0.39 is 0 Å². The number of allylic oxidation sites excluding steroid dienone is 2. The summed E-state index contributed by atoms with van der Waals surface area (Å²) in [5.74, 6) is 0.711. The highest BCUT2D eigenvalue weighted by molar-refractivity contribution is 9.10. The van der Waals surface area contributed by atoms with Crippen LogP contribution >= 0.6 is 15.9 Å². The van der Waals surface area contributed by atoms with Gasteiger partial charge in [0.25, 0.3) is 0 Å². The van der Waals surface area contributed by atoms with Crippen molar-refractivity contribution in [1.82, 2.24) is 5.32 Å². The quantitative estimate of drug-likeness (QED) is 0.833. The number of carbonyl (C=O) groups excluding carboxylic acids is 1. The molecule has 1 aliphatic heterocycles. The molecule has 1 unspecified atom stereocenters. The highest BCUT2D eigenvalue weighted by atomic mass is 79.9. The summed E-state index contributed by atoms with van der Waals surface area (Å²) in [5.41, 5.74) is 2.50. The van der Waals surface area contributed by atoms with Gasteiger partial charge in [-0.15, -0.1) is 0 Å². The number of nitrogens with zero attached hydrogens (tertiary/aromatic N) is 1. The smallest absolute Gasteiger partial charge is 0.322 e. The van der Waals surface area contributed by atoms with E-state index in [9.17, 15) is 9.90 Å². The number of furan rings is 1. The molecule has 1 aromatic carbocycles. The van der Waals surface area contributed by atoms with Crippen molar-refractivity contribution in [2.45, 2.75) is 18.9 Å². The molecule has 0 saturated heterocycles. The molecule has 0 radical (unpaired) electrons. The second-order valence-electron chi connectivity index (χ2n) is 5.87. The Morgan fingerprint density at radius 2 is 2.25 bits per heavy atom. The van der Waals surface area contributed by atoms with Crippen LogP contribution in [0.15, 0.2) is 50.9 Å². The largest absolute Gasteiger partial charge is 0.455 e. The third-order valence-electron chi connectivity index (χ3n) is 4.39. The normalized spacial score (nSPS) is 20.1. The van der Waals surface area contributed by atoms with Crippen LogP contribution in [0.25, 0.3) is 11.0 Å². The minimum atomic E-state index is -0.307. The molecule has 0 bridgehead atoms. The van der Waals surface area contributed by atoms with Gasteiger partial charge < -0.3 is 14.8 Å². The third kappa shape index (κ3) is 2.37. The molecule has 5 nitrogen and oxygen atoms in total. The number of anilines is 1. The monoisotopic (exact) mass is 388 g/mol. The summed E-state index contributed by atoms with van der Waals surface area (Å²) >= 11 is 3.52. The molecule has 1 atom stereocenters. The van der Waals surface area contributed by atoms with Gasteiger partial charge in [-0.1, -0.05) is 24.3 Å². The number of urea groups is 1. The molecule has 2 heterocycles. The SMILES string of the molecule is O=C1NC(C2=CCCC=C2)c2oc3c(Br)cccc3c2N1CCO. The summed E-state index contributed by atoms with van der Waals surface area (Å²) < 4.78 is 7.00. The Labute approximate surface area is 147 Å². The number of hydrogen-bond donors (Lipinski definition) is 2. The van der Waals surface area contributed by atoms with Crippen LogP contribution in [-0.2, 0) is 0 Å². The standard InChI is InChI=1S/C18H17BrN2O3/c19-13-8-4-7-12-15-17(24-16(12)13)14(11-5-2-1-3-6-11)20-18(23)21(15)9-10-22/h2,4-8,14,22H,1,3,9-10H2,(H,20,23). The zero-order valence-electron chi connectivity index (χ0n) is 13.0. The topological polar surface area (TPSA) is 65.7 Å². The van der Waals surface area contributed by atoms with Crippen molar-refractivity contribution >= 4 is 38.6 Å². The van der Waals surface area contributed by atoms with E-state index in [1.54, 1.807) is 4.90 Å². The molecular formula is C18H17BrN2O3. The summed E-state index contributed by atoms with van der Waals surface area (Å²) in [6.07, 6.45) is 8.26. The summed E-state index contributed by atoms with van der Waals surface area (Å²) in [7, 11) is 0. The molecule has 124 valence electrons. The Morgan fingerprint density at radius 3 is 3.00 bits per heavy atom. The Hall–Kier alpha value is -2.05. The van der Waals surface area contributed by atoms with E-state index in [4.69, 9.17) is 4.42 Å². The molecule has 24 heavy (non-hydrogen) atoms. The molecular weight excluding hydrogens is 372 g/mol. The summed E-state index contributed by atoms with van der Waals surface area (Å²) in [4.78, 5) is 14.2. The van der Waals surface area contributed by atoms with Gasteiger partial charge in [0.15, 0.2) is 11.3 Å². The molecule has 0 spiro atoms. The fraction of sp³-hybridized carbons (Fsp3) is 0.278. The van der Waals surface area contributed by atoms with Crippen LogP contribution in [0.2, 0.25) is 0 Å². The zero-order chi connectivity index (χ0) is 16.7. The number of carbonyl (C=O) groups is 1. The molecule has 2 aliphatic rings. The molecule has 6 heteroatoms. The number of nitrogens with one attached hydrogen (secondary N) is 1. The first kappa shape index (κ1) is 15.5. The maximum Gasteiger partial charge on any atom is 0.322 e. The van der Waals surface area contributed by atoms with E-state index in [1.807, 2.05) is 24.3 Å². The lowest BCUT2D eigenvalue weighted by molar-refractivity contribution is 0.235. The fourth-order valence-electron chi connectivity index (χ4n) is 3.33. The molecule has 1 aromatic heterocycles. The molecule has 2 aromatic rings. The average Bonchev–Trinajstić information content (AvgIpc) is 2.99. The van der Waals surface area contributed by atoms with E-state index >= 15 is 0 Å². The molecule has 1 aliphatic carbocycles. The second-order valence-corrected chi connectivity index (χ2v) is 6.73. The number of benzene rings is 1. The lowest BCUT2D eigenvalue weighted by Crippen LogP contribution is -2.47. The van der Waals surface area contributed by atoms with Crippen LogP contribution in [0, 0.1) is 0 Å². The number of amides is 2. The third-order valence-corrected chi connectivity index (χ3v) is 5.02. The van der Waals surface area contributed by atoms with Crippen LogP contribution in [0.3, 0.4) is 0 Å². The predicted octanol–water partition coefficient (Wildman–Crippen LogP) is 4.03. The van der Waals surface area contributed by atoms with Gasteiger partial charge in [0, 0.05) is 5.39 Å². The molecule has 2 amide bonds. The Bertz CT molecular complexity index is 869. The Balaban J connectivity index is 1.94. The van der Waals surface area contributed by atoms with E-state index in [1.165, 1.54) is 0 Å². The predicted molar refractivity (Wildman–Crippen MR) is 96.1 cm³/mol. The van der Waals surface area contributed by atoms with E-state index in [0.29, 0.717) is 11.3 Å². The summed E-state index contributed by atoms with van der Waals surface area (Å²) in [5, 5.41) is 13.2. The number of halogens is 1. The van der Waals surface area contributed by atoms with Gasteiger partial charge in [-0.05, 0) is 46.5 Å². The van der Waals surface area contributed by atoms with Crippen molar-refractivity contribution in [2.75, 3.05) is 18.1 Å². The minimum Gasteiger partial charge on any atom is -0.455 e. The highest BCUT2D eigenvalue weighted by Crippen LogP contribution is 2.44. The number of para-hydroxylation sites is 1. The van der Waals surface area contributed by atoms with Crippen molar-refractivity contribution in [3.8, 4) is 0 Å². The number of fused-ring (bicyclic) bond motifs is 3. The van der Waals surface area contributed by atoms with E-state index in [0.717, 1.165) is 34.0 Å². The number of aliphatic hydroxyl groups excluding tert-OH is 1. The van der Waals surface area contributed by atoms with Crippen molar-refractivity contribution in [3.05, 3.63) is 52.2 Å². The van der Waals surface area contributed by atoms with Crippen LogP contribution in [0.1, 0.15) is 24.6 Å². The van der Waals surface area contributed by atoms with Gasteiger partial charge in [-0.25, -0.2) is 4.79 Å². The van der Waals surface area contributed by atoms with E-state index in [2.05, 4.69) is 33.4 Å². The first-order chi connectivity index (χ1) is 11.7. The Morgan fingerprint density at radius 1 is 1.38 bits per heavy atom. The van der Waals surface area contributed by atoms with Gasteiger partial charge in [0.1, 0.15) is 6.04 Å². The zero-order valence-corrected chi connectivity index (χ0v) is 14.5. The number of β-amino-alcohol motifs (C(OH)–C–C–N with tert-alkyl or cyclic N) is 1. The summed E-state index contributed by atoms with van der Waals surface area (Å²) in [6.45, 7) is 0.113. The van der Waals surface area contributed by atoms with Crippen molar-refractivity contribution in [3.63, 3.8) is 0 Å². The average molecular weight is 389 g/mol. The van der Waals surface area contributed by atoms with Gasteiger partial charge in [0.05, 0.1) is 23.3 Å². The molecule has 0 fully saturated rings. The van der Waals surface area contributed by atoms with Crippen LogP contribution in [0.5, 0.6) is 0 Å². The lowest BCUT2D eigenvalue weighted by Gasteiger charge is -2.32. The van der Waals surface area contributed by atoms with Crippen LogP contribution in [0.4, 0.5) is 10.5 Å². The van der Waals surface area contributed by atoms with Gasteiger partial charge in [-0.2, -0.15) is 0 Å².